The predicted molar refractivity (Wildman–Crippen MR) is 95.3 cm³/mol. The fraction of sp³-hybridized carbons (Fsp3) is 0.278. The lowest BCUT2D eigenvalue weighted by atomic mass is 10.1. The van der Waals surface area contributed by atoms with Crippen LogP contribution in [0.2, 0.25) is 0 Å². The third kappa shape index (κ3) is 3.43. The van der Waals surface area contributed by atoms with E-state index in [9.17, 15) is 14.4 Å². The van der Waals surface area contributed by atoms with Crippen molar-refractivity contribution < 1.29 is 14.0 Å². The van der Waals surface area contributed by atoms with Crippen LogP contribution in [0.25, 0.3) is 11.1 Å². The summed E-state index contributed by atoms with van der Waals surface area (Å²) in [6.45, 7) is 1.92. The first-order valence-corrected chi connectivity index (χ1v) is 8.59. The van der Waals surface area contributed by atoms with Crippen molar-refractivity contribution in [1.82, 2.24) is 24.8 Å². The molecule has 1 fully saturated rings. The number of fused-ring (bicyclic) bond motifs is 1. The maximum absolute atomic E-state index is 12.8. The second kappa shape index (κ2) is 7.02. The van der Waals surface area contributed by atoms with Gasteiger partial charge in [0.05, 0.1) is 11.7 Å². The van der Waals surface area contributed by atoms with Crippen molar-refractivity contribution in [2.45, 2.75) is 6.42 Å². The number of H-pyrrole nitrogens is 1. The average molecular weight is 367 g/mol. The van der Waals surface area contributed by atoms with Gasteiger partial charge in [0.25, 0.3) is 11.8 Å². The van der Waals surface area contributed by atoms with Crippen LogP contribution in [0.5, 0.6) is 0 Å². The molecule has 1 aromatic carbocycles. The van der Waals surface area contributed by atoms with E-state index in [1.807, 2.05) is 0 Å². The van der Waals surface area contributed by atoms with Gasteiger partial charge in [0.1, 0.15) is 5.69 Å². The molecular formula is C18H17N5O4. The van der Waals surface area contributed by atoms with Gasteiger partial charge in [0.2, 0.25) is 0 Å². The Morgan fingerprint density at radius 2 is 1.81 bits per heavy atom. The maximum atomic E-state index is 12.8. The number of carbonyl (C=O) groups is 2. The van der Waals surface area contributed by atoms with E-state index in [1.165, 1.54) is 18.6 Å². The van der Waals surface area contributed by atoms with Gasteiger partial charge in [-0.05, 0) is 24.6 Å². The molecule has 138 valence electrons. The molecule has 0 spiro atoms. The van der Waals surface area contributed by atoms with Gasteiger partial charge in [-0.15, -0.1) is 0 Å². The number of benzene rings is 1. The van der Waals surface area contributed by atoms with E-state index >= 15 is 0 Å². The van der Waals surface area contributed by atoms with Crippen molar-refractivity contribution in [1.29, 1.82) is 0 Å². The topological polar surface area (TPSA) is 112 Å². The van der Waals surface area contributed by atoms with Crippen LogP contribution in [0.15, 0.2) is 46.0 Å². The minimum Gasteiger partial charge on any atom is -0.408 e. The molecule has 3 heterocycles. The molecule has 4 rings (SSSR count). The molecule has 3 aromatic rings. The molecule has 0 aliphatic carbocycles. The highest BCUT2D eigenvalue weighted by molar-refractivity contribution is 5.97. The maximum Gasteiger partial charge on any atom is 0.417 e. The SMILES string of the molecule is O=C(c1ccc2[nH]c(=O)oc2c1)N1CCCN(C(=O)c2cnccn2)CC1. The molecule has 1 aliphatic heterocycles. The highest BCUT2D eigenvalue weighted by atomic mass is 16.4. The average Bonchev–Trinajstić information content (AvgIpc) is 2.90. The Labute approximate surface area is 153 Å². The number of aromatic amines is 1. The number of nitrogens with one attached hydrogen (secondary N) is 1. The number of aromatic nitrogens is 3. The molecule has 2 aromatic heterocycles. The normalized spacial score (nSPS) is 15.0. The van der Waals surface area contributed by atoms with Crippen molar-refractivity contribution in [2.24, 2.45) is 0 Å². The molecule has 0 saturated carbocycles. The molecule has 0 unspecified atom stereocenters. The van der Waals surface area contributed by atoms with Crippen LogP contribution in [0.1, 0.15) is 27.3 Å². The molecule has 1 N–H and O–H groups in total. The Morgan fingerprint density at radius 3 is 2.56 bits per heavy atom. The summed E-state index contributed by atoms with van der Waals surface area (Å²) in [6, 6.07) is 4.86. The van der Waals surface area contributed by atoms with Crippen LogP contribution in [0.3, 0.4) is 0 Å². The summed E-state index contributed by atoms with van der Waals surface area (Å²) < 4.78 is 5.02. The zero-order valence-electron chi connectivity index (χ0n) is 14.4. The van der Waals surface area contributed by atoms with E-state index in [4.69, 9.17) is 4.42 Å². The largest absolute Gasteiger partial charge is 0.417 e. The second-order valence-corrected chi connectivity index (χ2v) is 6.25. The van der Waals surface area contributed by atoms with Crippen LogP contribution in [0.4, 0.5) is 0 Å². The summed E-state index contributed by atoms with van der Waals surface area (Å²) in [4.78, 5) is 50.5. The van der Waals surface area contributed by atoms with E-state index in [2.05, 4.69) is 15.0 Å². The number of carbonyl (C=O) groups excluding carboxylic acids is 2. The van der Waals surface area contributed by atoms with Gasteiger partial charge in [-0.2, -0.15) is 0 Å². The van der Waals surface area contributed by atoms with Crippen LogP contribution in [0, 0.1) is 0 Å². The monoisotopic (exact) mass is 367 g/mol. The van der Waals surface area contributed by atoms with Crippen molar-refractivity contribution in [3.8, 4) is 0 Å². The molecule has 0 radical (unpaired) electrons. The molecule has 1 saturated heterocycles. The molecule has 0 bridgehead atoms. The van der Waals surface area contributed by atoms with Crippen molar-refractivity contribution in [2.75, 3.05) is 26.2 Å². The molecule has 27 heavy (non-hydrogen) atoms. The summed E-state index contributed by atoms with van der Waals surface area (Å²) in [5, 5.41) is 0. The zero-order valence-corrected chi connectivity index (χ0v) is 14.4. The number of rotatable bonds is 2. The van der Waals surface area contributed by atoms with Gasteiger partial charge < -0.3 is 14.2 Å². The number of hydrogen-bond acceptors (Lipinski definition) is 6. The molecule has 1 aliphatic rings. The van der Waals surface area contributed by atoms with E-state index in [1.54, 1.807) is 28.0 Å². The molecule has 9 nitrogen and oxygen atoms in total. The number of hydrogen-bond donors (Lipinski definition) is 1. The Hall–Kier alpha value is -3.49. The Morgan fingerprint density at radius 1 is 1.04 bits per heavy atom. The van der Waals surface area contributed by atoms with Crippen LogP contribution < -0.4 is 5.76 Å². The zero-order chi connectivity index (χ0) is 18.8. The standard InChI is InChI=1S/C18H17N5O4/c24-16(12-2-3-13-15(10-12)27-18(26)21-13)22-6-1-7-23(9-8-22)17(25)14-11-19-4-5-20-14/h2-5,10-11H,1,6-9H2,(H,21,26). The Bertz CT molecular complexity index is 1040. The number of nitrogens with zero attached hydrogens (tertiary/aromatic N) is 4. The summed E-state index contributed by atoms with van der Waals surface area (Å²) >= 11 is 0. The first-order chi connectivity index (χ1) is 13.1. The number of oxazole rings is 1. The number of amides is 2. The van der Waals surface area contributed by atoms with Crippen LogP contribution in [-0.2, 0) is 0 Å². The van der Waals surface area contributed by atoms with E-state index < -0.39 is 5.76 Å². The highest BCUT2D eigenvalue weighted by Crippen LogP contribution is 2.16. The molecule has 2 amide bonds. The van der Waals surface area contributed by atoms with Gasteiger partial charge >= 0.3 is 5.76 Å². The van der Waals surface area contributed by atoms with Gasteiger partial charge in [0, 0.05) is 44.1 Å². The third-order valence-electron chi connectivity index (χ3n) is 4.52. The lowest BCUT2D eigenvalue weighted by molar-refractivity contribution is 0.0715. The smallest absolute Gasteiger partial charge is 0.408 e. The Balaban J connectivity index is 1.47. The van der Waals surface area contributed by atoms with E-state index in [-0.39, 0.29) is 11.8 Å². The van der Waals surface area contributed by atoms with E-state index in [0.29, 0.717) is 55.0 Å². The van der Waals surface area contributed by atoms with Crippen molar-refractivity contribution >= 4 is 22.9 Å². The summed E-state index contributed by atoms with van der Waals surface area (Å²) in [6.07, 6.45) is 5.11. The fourth-order valence-corrected chi connectivity index (χ4v) is 3.16. The highest BCUT2D eigenvalue weighted by Gasteiger charge is 2.24. The lowest BCUT2D eigenvalue weighted by Gasteiger charge is -2.22. The second-order valence-electron chi connectivity index (χ2n) is 6.25. The summed E-state index contributed by atoms with van der Waals surface area (Å²) in [5.41, 5.74) is 1.64. The van der Waals surface area contributed by atoms with E-state index in [0.717, 1.165) is 0 Å². The summed E-state index contributed by atoms with van der Waals surface area (Å²) in [7, 11) is 0. The quantitative estimate of drug-likeness (QED) is 0.720. The van der Waals surface area contributed by atoms with Crippen LogP contribution in [-0.4, -0.2) is 62.7 Å². The van der Waals surface area contributed by atoms with Gasteiger partial charge in [-0.25, -0.2) is 9.78 Å². The van der Waals surface area contributed by atoms with Gasteiger partial charge in [0.15, 0.2) is 5.58 Å². The van der Waals surface area contributed by atoms with Crippen LogP contribution >= 0.6 is 0 Å². The van der Waals surface area contributed by atoms with Crippen molar-refractivity contribution in [3.63, 3.8) is 0 Å². The lowest BCUT2D eigenvalue weighted by Crippen LogP contribution is -2.37. The molecule has 9 heteroatoms. The van der Waals surface area contributed by atoms with Gasteiger partial charge in [-0.1, -0.05) is 0 Å². The van der Waals surface area contributed by atoms with Gasteiger partial charge in [-0.3, -0.25) is 19.6 Å². The minimum atomic E-state index is -0.553. The predicted octanol–water partition coefficient (Wildman–Crippen LogP) is 0.899. The first kappa shape index (κ1) is 17.0. The fourth-order valence-electron chi connectivity index (χ4n) is 3.16. The minimum absolute atomic E-state index is 0.158. The Kier molecular flexibility index (Phi) is 4.41. The third-order valence-corrected chi connectivity index (χ3v) is 4.52. The molecular weight excluding hydrogens is 350 g/mol. The first-order valence-electron chi connectivity index (χ1n) is 8.59. The molecule has 0 atom stereocenters. The van der Waals surface area contributed by atoms with Crippen molar-refractivity contribution in [3.05, 3.63) is 58.6 Å². The summed E-state index contributed by atoms with van der Waals surface area (Å²) in [5.74, 6) is -0.898.